The van der Waals surface area contributed by atoms with Crippen LogP contribution in [0, 0.1) is 0 Å². The van der Waals surface area contributed by atoms with E-state index in [4.69, 9.17) is 11.6 Å². The van der Waals surface area contributed by atoms with Crippen molar-refractivity contribution in [3.63, 3.8) is 0 Å². The Balaban J connectivity index is 2.01. The maximum Gasteiger partial charge on any atom is 0.208 e. The fourth-order valence-electron chi connectivity index (χ4n) is 1.79. The molecule has 0 atom stereocenters. The summed E-state index contributed by atoms with van der Waals surface area (Å²) in [6, 6.07) is 14.3. The highest BCUT2D eigenvalue weighted by Gasteiger charge is 2.05. The lowest BCUT2D eigenvalue weighted by atomic mass is 10.2. The Bertz CT molecular complexity index is 819. The molecule has 6 heteroatoms. The van der Waals surface area contributed by atoms with Gasteiger partial charge in [0.25, 0.3) is 0 Å². The van der Waals surface area contributed by atoms with Crippen molar-refractivity contribution in [3.05, 3.63) is 58.4 Å². The largest absolute Gasteiger partial charge is 0.508 e. The second-order valence-electron chi connectivity index (χ2n) is 4.45. The predicted molar refractivity (Wildman–Crippen MR) is 84.9 cm³/mol. The minimum Gasteiger partial charge on any atom is -0.508 e. The van der Waals surface area contributed by atoms with Gasteiger partial charge in [-0.3, -0.25) is 0 Å². The number of hydrogen-bond donors (Lipinski definition) is 1. The highest BCUT2D eigenvalue weighted by molar-refractivity contribution is 7.12. The van der Waals surface area contributed by atoms with Crippen LogP contribution in [0.2, 0.25) is 5.02 Å². The Morgan fingerprint density at radius 2 is 1.76 bits per heavy atom. The molecule has 0 spiro atoms. The minimum atomic E-state index is 0.226. The van der Waals surface area contributed by atoms with Gasteiger partial charge in [0, 0.05) is 17.6 Å². The molecule has 1 heterocycles. The Hall–Kier alpha value is -2.11. The summed E-state index contributed by atoms with van der Waals surface area (Å²) in [5.41, 5.74) is 1.78. The van der Waals surface area contributed by atoms with Crippen molar-refractivity contribution in [1.29, 1.82) is 0 Å². The van der Waals surface area contributed by atoms with Crippen LogP contribution >= 0.6 is 22.9 Å². The van der Waals surface area contributed by atoms with Gasteiger partial charge in [-0.25, -0.2) is 9.67 Å². The van der Waals surface area contributed by atoms with Crippen molar-refractivity contribution in [2.75, 3.05) is 0 Å². The van der Waals surface area contributed by atoms with Gasteiger partial charge in [-0.2, -0.15) is 5.10 Å². The zero-order chi connectivity index (χ0) is 14.8. The molecule has 1 N–H and O–H groups in total. The highest BCUT2D eigenvalue weighted by Crippen LogP contribution is 2.22. The number of hydrogen-bond acceptors (Lipinski definition) is 4. The van der Waals surface area contributed by atoms with Crippen LogP contribution in [-0.2, 0) is 7.05 Å². The summed E-state index contributed by atoms with van der Waals surface area (Å²) in [6.07, 6.45) is 0. The number of aromatic hydroxyl groups is 1. The summed E-state index contributed by atoms with van der Waals surface area (Å²) < 4.78 is 1.74. The highest BCUT2D eigenvalue weighted by atomic mass is 35.5. The Kier molecular flexibility index (Phi) is 3.77. The molecule has 0 saturated heterocycles. The molecule has 0 saturated carbocycles. The molecule has 0 fully saturated rings. The molecule has 21 heavy (non-hydrogen) atoms. The van der Waals surface area contributed by atoms with E-state index in [9.17, 15) is 5.11 Å². The molecule has 2 aromatic carbocycles. The van der Waals surface area contributed by atoms with E-state index in [1.165, 1.54) is 11.3 Å². The third-order valence-electron chi connectivity index (χ3n) is 2.87. The lowest BCUT2D eigenvalue weighted by Gasteiger charge is -1.94. The SMILES string of the molecule is Cn1nc(-c2ccc(Cl)cc2)s/c1=N/c1ccc(O)cc1. The molecule has 0 bridgehead atoms. The number of rotatable bonds is 2. The molecular weight excluding hydrogens is 306 g/mol. The summed E-state index contributed by atoms with van der Waals surface area (Å²) in [4.78, 5) is 5.31. The average molecular weight is 318 g/mol. The van der Waals surface area contributed by atoms with Crippen molar-refractivity contribution in [1.82, 2.24) is 9.78 Å². The van der Waals surface area contributed by atoms with E-state index in [1.54, 1.807) is 28.9 Å². The first kappa shape index (κ1) is 13.9. The van der Waals surface area contributed by atoms with Crippen LogP contribution in [0.4, 0.5) is 5.69 Å². The lowest BCUT2D eigenvalue weighted by molar-refractivity contribution is 0.475. The van der Waals surface area contributed by atoms with E-state index in [0.29, 0.717) is 5.02 Å². The quantitative estimate of drug-likeness (QED) is 0.782. The molecule has 0 radical (unpaired) electrons. The van der Waals surface area contributed by atoms with Crippen molar-refractivity contribution in [3.8, 4) is 16.3 Å². The fourth-order valence-corrected chi connectivity index (χ4v) is 2.83. The first-order valence-corrected chi connectivity index (χ1v) is 7.45. The van der Waals surface area contributed by atoms with Gasteiger partial charge in [-0.15, -0.1) is 0 Å². The fraction of sp³-hybridized carbons (Fsp3) is 0.0667. The molecule has 0 aliphatic heterocycles. The van der Waals surface area contributed by atoms with Gasteiger partial charge in [-0.1, -0.05) is 35.1 Å². The minimum absolute atomic E-state index is 0.226. The molecule has 0 amide bonds. The molecular formula is C15H12ClN3OS. The predicted octanol–water partition coefficient (Wildman–Crippen LogP) is 3.74. The maximum absolute atomic E-state index is 9.29. The number of aryl methyl sites for hydroxylation is 1. The van der Waals surface area contributed by atoms with E-state index in [2.05, 4.69) is 10.1 Å². The summed E-state index contributed by atoms with van der Waals surface area (Å²) >= 11 is 7.39. The van der Waals surface area contributed by atoms with Gasteiger partial charge in [0.1, 0.15) is 10.8 Å². The third kappa shape index (κ3) is 3.15. The Labute approximate surface area is 130 Å². The molecule has 0 aliphatic carbocycles. The first-order valence-electron chi connectivity index (χ1n) is 6.26. The standard InChI is InChI=1S/C15H12ClN3OS/c1-19-15(17-12-6-8-13(20)9-7-12)21-14(18-19)10-2-4-11(16)5-3-10/h2-9,20H,1H3/b17-15+. The molecule has 3 aromatic rings. The zero-order valence-electron chi connectivity index (χ0n) is 11.2. The van der Waals surface area contributed by atoms with E-state index in [1.807, 2.05) is 31.3 Å². The summed E-state index contributed by atoms with van der Waals surface area (Å²) in [5.74, 6) is 0.226. The smallest absolute Gasteiger partial charge is 0.208 e. The molecule has 1 aromatic heterocycles. The summed E-state index contributed by atoms with van der Waals surface area (Å²) in [6.45, 7) is 0. The normalized spacial score (nSPS) is 11.8. The first-order chi connectivity index (χ1) is 10.1. The van der Waals surface area contributed by atoms with E-state index in [0.717, 1.165) is 21.1 Å². The van der Waals surface area contributed by atoms with Gasteiger partial charge in [0.2, 0.25) is 4.80 Å². The van der Waals surface area contributed by atoms with E-state index >= 15 is 0 Å². The monoisotopic (exact) mass is 317 g/mol. The molecule has 0 aliphatic rings. The number of nitrogens with zero attached hydrogens (tertiary/aromatic N) is 3. The van der Waals surface area contributed by atoms with Crippen LogP contribution in [0.5, 0.6) is 5.75 Å². The number of phenolic OH excluding ortho intramolecular Hbond substituents is 1. The van der Waals surface area contributed by atoms with Crippen molar-refractivity contribution in [2.24, 2.45) is 12.0 Å². The second kappa shape index (κ2) is 5.71. The zero-order valence-corrected chi connectivity index (χ0v) is 12.8. The number of benzene rings is 2. The van der Waals surface area contributed by atoms with Gasteiger partial charge in [-0.05, 0) is 36.4 Å². The maximum atomic E-state index is 9.29. The van der Waals surface area contributed by atoms with Crippen LogP contribution < -0.4 is 4.80 Å². The molecule has 3 rings (SSSR count). The van der Waals surface area contributed by atoms with Gasteiger partial charge < -0.3 is 5.11 Å². The third-order valence-corrected chi connectivity index (χ3v) is 4.17. The van der Waals surface area contributed by atoms with Crippen LogP contribution in [-0.4, -0.2) is 14.9 Å². The molecule has 0 unspecified atom stereocenters. The van der Waals surface area contributed by atoms with Gasteiger partial charge in [0.05, 0.1) is 5.69 Å². The van der Waals surface area contributed by atoms with E-state index < -0.39 is 0 Å². The van der Waals surface area contributed by atoms with Gasteiger partial charge >= 0.3 is 0 Å². The number of phenols is 1. The topological polar surface area (TPSA) is 50.4 Å². The van der Waals surface area contributed by atoms with Gasteiger partial charge in [0.15, 0.2) is 0 Å². The van der Waals surface area contributed by atoms with Crippen LogP contribution in [0.1, 0.15) is 0 Å². The van der Waals surface area contributed by atoms with E-state index in [-0.39, 0.29) is 5.75 Å². The molecule has 106 valence electrons. The Morgan fingerprint density at radius 3 is 2.43 bits per heavy atom. The van der Waals surface area contributed by atoms with Crippen molar-refractivity contribution >= 4 is 28.6 Å². The number of halogens is 1. The van der Waals surface area contributed by atoms with Crippen LogP contribution in [0.25, 0.3) is 10.6 Å². The number of aromatic nitrogens is 2. The second-order valence-corrected chi connectivity index (χ2v) is 5.84. The molecule has 4 nitrogen and oxygen atoms in total. The summed E-state index contributed by atoms with van der Waals surface area (Å²) in [7, 11) is 1.86. The Morgan fingerprint density at radius 1 is 1.10 bits per heavy atom. The lowest BCUT2D eigenvalue weighted by Crippen LogP contribution is -2.10. The van der Waals surface area contributed by atoms with Crippen molar-refractivity contribution < 1.29 is 5.11 Å². The summed E-state index contributed by atoms with van der Waals surface area (Å²) in [5, 5.41) is 15.3. The van der Waals surface area contributed by atoms with Crippen molar-refractivity contribution in [2.45, 2.75) is 0 Å². The average Bonchev–Trinajstić information content (AvgIpc) is 2.83. The van der Waals surface area contributed by atoms with Crippen LogP contribution in [0.15, 0.2) is 53.5 Å². The van der Waals surface area contributed by atoms with Crippen LogP contribution in [0.3, 0.4) is 0 Å².